The van der Waals surface area contributed by atoms with Crippen molar-refractivity contribution in [3.05, 3.63) is 95.7 Å². The van der Waals surface area contributed by atoms with E-state index in [9.17, 15) is 0 Å². The molecule has 146 valence electrons. The Labute approximate surface area is 204 Å². The van der Waals surface area contributed by atoms with Crippen LogP contribution < -0.4 is 24.8 Å². The number of fused-ring (bicyclic) bond motifs is 2. The minimum Gasteiger partial charge on any atom is -1.00 e. The second-order valence-corrected chi connectivity index (χ2v) is 6.92. The molecule has 1 heterocycles. The van der Waals surface area contributed by atoms with Gasteiger partial charge in [-0.25, -0.2) is 11.1 Å². The van der Waals surface area contributed by atoms with Gasteiger partial charge in [-0.2, -0.15) is 6.08 Å². The zero-order valence-corrected chi connectivity index (χ0v) is 20.8. The molecule has 0 amide bonds. The fraction of sp³-hybridized carbons (Fsp3) is 0.160. The number of hydrogen-bond acceptors (Lipinski definition) is 0. The molecular weight excluding hydrogens is 476 g/mol. The van der Waals surface area contributed by atoms with Gasteiger partial charge in [0.1, 0.15) is 0 Å². The first-order chi connectivity index (χ1) is 12.6. The Bertz CT molecular complexity index is 1100. The first-order valence-corrected chi connectivity index (χ1v) is 9.11. The third kappa shape index (κ3) is 5.37. The van der Waals surface area contributed by atoms with Gasteiger partial charge in [0.15, 0.2) is 0 Å². The largest absolute Gasteiger partial charge is 4.00 e. The molecule has 0 spiro atoms. The van der Waals surface area contributed by atoms with Crippen LogP contribution in [0.3, 0.4) is 0 Å². The number of nitrogens with zero attached hydrogens (tertiary/aromatic N) is 1. The molecule has 0 unspecified atom stereocenters. The predicted molar refractivity (Wildman–Crippen MR) is 112 cm³/mol. The Hall–Kier alpha value is -1.47. The van der Waals surface area contributed by atoms with Crippen LogP contribution in [0.2, 0.25) is 0 Å². The van der Waals surface area contributed by atoms with Crippen LogP contribution in [0.25, 0.3) is 27.4 Å². The summed E-state index contributed by atoms with van der Waals surface area (Å²) in [4.78, 5) is 0. The normalized spacial score (nSPS) is 12.1. The Kier molecular flexibility index (Phi) is 9.76. The van der Waals surface area contributed by atoms with Gasteiger partial charge in [0, 0.05) is 11.1 Å². The smallest absolute Gasteiger partial charge is 1.00 e. The maximum atomic E-state index is 3.19. The van der Waals surface area contributed by atoms with Crippen LogP contribution in [-0.2, 0) is 26.2 Å². The van der Waals surface area contributed by atoms with Gasteiger partial charge < -0.3 is 29.4 Å². The van der Waals surface area contributed by atoms with Crippen LogP contribution in [0.4, 0.5) is 0 Å². The van der Waals surface area contributed by atoms with Gasteiger partial charge in [-0.1, -0.05) is 31.2 Å². The molecule has 0 N–H and O–H groups in total. The number of para-hydroxylation sites is 1. The minimum absolute atomic E-state index is 0. The van der Waals surface area contributed by atoms with Gasteiger partial charge in [-0.3, -0.25) is 6.08 Å². The summed E-state index contributed by atoms with van der Waals surface area (Å²) in [5.74, 6) is 0. The molecule has 0 saturated heterocycles. The summed E-state index contributed by atoms with van der Waals surface area (Å²) < 4.78 is 2.33. The zero-order valence-electron chi connectivity index (χ0n) is 16.8. The van der Waals surface area contributed by atoms with E-state index in [-0.39, 0.29) is 51.0 Å². The number of allylic oxidation sites excluding steroid dienone is 4. The van der Waals surface area contributed by atoms with Crippen LogP contribution in [0.5, 0.6) is 0 Å². The first-order valence-electron chi connectivity index (χ1n) is 9.11. The third-order valence-electron chi connectivity index (χ3n) is 5.12. The molecule has 0 radical (unpaired) electrons. The molecule has 29 heavy (non-hydrogen) atoms. The number of hydrogen-bond donors (Lipinski definition) is 0. The molecule has 0 aliphatic heterocycles. The molecule has 5 rings (SSSR count). The fourth-order valence-corrected chi connectivity index (χ4v) is 3.55. The van der Waals surface area contributed by atoms with Crippen molar-refractivity contribution >= 4 is 21.7 Å². The average Bonchev–Trinajstić information content (AvgIpc) is 3.31. The van der Waals surface area contributed by atoms with E-state index in [4.69, 9.17) is 0 Å². The minimum atomic E-state index is 0. The molecule has 4 aromatic rings. The molecule has 0 atom stereocenters. The molecule has 1 nitrogen and oxygen atoms in total. The van der Waals surface area contributed by atoms with Crippen LogP contribution >= 0.6 is 0 Å². The van der Waals surface area contributed by atoms with Gasteiger partial charge >= 0.3 is 26.2 Å². The van der Waals surface area contributed by atoms with Gasteiger partial charge in [0.25, 0.3) is 0 Å². The maximum absolute atomic E-state index is 3.19. The van der Waals surface area contributed by atoms with Crippen molar-refractivity contribution < 1.29 is 51.0 Å². The Balaban J connectivity index is 0.000000365. The Morgan fingerprint density at radius 2 is 1.52 bits per heavy atom. The fourth-order valence-electron chi connectivity index (χ4n) is 3.55. The number of rotatable bonds is 1. The van der Waals surface area contributed by atoms with E-state index in [1.807, 2.05) is 0 Å². The van der Waals surface area contributed by atoms with Gasteiger partial charge in [0.05, 0.1) is 5.52 Å². The molecule has 4 heteroatoms. The molecule has 0 fully saturated rings. The second kappa shape index (κ2) is 11.1. The number of halogens is 2. The van der Waals surface area contributed by atoms with E-state index in [1.54, 1.807) is 0 Å². The summed E-state index contributed by atoms with van der Waals surface area (Å²) >= 11 is 0. The van der Waals surface area contributed by atoms with Crippen molar-refractivity contribution in [1.29, 1.82) is 0 Å². The van der Waals surface area contributed by atoms with Crippen molar-refractivity contribution in [3.63, 3.8) is 0 Å². The first kappa shape index (κ1) is 25.6. The van der Waals surface area contributed by atoms with Crippen LogP contribution in [0, 0.1) is 13.0 Å². The molecule has 0 saturated carbocycles. The van der Waals surface area contributed by atoms with Crippen molar-refractivity contribution in [1.82, 2.24) is 4.57 Å². The van der Waals surface area contributed by atoms with Crippen molar-refractivity contribution in [2.24, 2.45) is 0 Å². The van der Waals surface area contributed by atoms with Gasteiger partial charge in [0.2, 0.25) is 0 Å². The summed E-state index contributed by atoms with van der Waals surface area (Å²) in [6.07, 6.45) is 6.41. The van der Waals surface area contributed by atoms with Crippen molar-refractivity contribution in [2.75, 3.05) is 0 Å². The second-order valence-electron chi connectivity index (χ2n) is 6.92. The van der Waals surface area contributed by atoms with Crippen LogP contribution in [-0.4, -0.2) is 4.57 Å². The number of aryl methyl sites for hydroxylation is 1. The molecule has 1 aromatic heterocycles. The SMILES string of the molecule is CC1=[C-]CC=C1C.Cc1cc2ccccc2n1-c1cc2ccccc2[cH-]1.[Cl-].[Cl-].[Zr+4]. The van der Waals surface area contributed by atoms with Crippen LogP contribution in [0.15, 0.2) is 84.0 Å². The predicted octanol–water partition coefficient (Wildman–Crippen LogP) is 0.902. The Morgan fingerprint density at radius 3 is 2.10 bits per heavy atom. The van der Waals surface area contributed by atoms with E-state index in [1.165, 1.54) is 44.2 Å². The average molecular weight is 500 g/mol. The third-order valence-corrected chi connectivity index (χ3v) is 5.12. The molecule has 1 aliphatic carbocycles. The van der Waals surface area contributed by atoms with Gasteiger partial charge in [-0.15, -0.1) is 54.4 Å². The van der Waals surface area contributed by atoms with Crippen LogP contribution in [0.1, 0.15) is 26.0 Å². The van der Waals surface area contributed by atoms with Crippen molar-refractivity contribution in [3.8, 4) is 5.69 Å². The number of aromatic nitrogens is 1. The monoisotopic (exact) mass is 497 g/mol. The Morgan fingerprint density at radius 1 is 0.862 bits per heavy atom. The number of benzene rings is 2. The van der Waals surface area contributed by atoms with E-state index in [0.29, 0.717) is 0 Å². The molecular formula is C25H23Cl2NZr. The van der Waals surface area contributed by atoms with Crippen molar-refractivity contribution in [2.45, 2.75) is 27.2 Å². The van der Waals surface area contributed by atoms with Gasteiger partial charge in [-0.05, 0) is 24.7 Å². The standard InChI is InChI=1S/C18H14N.C7H9.2ClH.Zr/c1-13-10-16-8-4-5-9-18(16)19(13)17-11-14-6-2-3-7-15(14)12-17;1-6-4-3-5-7(6)2;;;/h2-12H,1H3;4H,3H2,1-2H3;2*1H;/q2*-1;;;+4/p-2. The topological polar surface area (TPSA) is 4.93 Å². The van der Waals surface area contributed by atoms with E-state index < -0.39 is 0 Å². The molecule has 3 aromatic carbocycles. The molecule has 0 bridgehead atoms. The quantitative estimate of drug-likeness (QED) is 0.343. The summed E-state index contributed by atoms with van der Waals surface area (Å²) in [5, 5.41) is 3.90. The van der Waals surface area contributed by atoms with E-state index in [0.717, 1.165) is 6.42 Å². The van der Waals surface area contributed by atoms with E-state index in [2.05, 4.69) is 104 Å². The summed E-state index contributed by atoms with van der Waals surface area (Å²) in [7, 11) is 0. The summed E-state index contributed by atoms with van der Waals surface area (Å²) in [6, 6.07) is 23.8. The molecule has 1 aliphatic rings. The van der Waals surface area contributed by atoms with E-state index >= 15 is 0 Å². The maximum Gasteiger partial charge on any atom is 4.00 e. The summed E-state index contributed by atoms with van der Waals surface area (Å²) in [6.45, 7) is 6.38. The zero-order chi connectivity index (χ0) is 18.1. The summed E-state index contributed by atoms with van der Waals surface area (Å²) in [5.41, 5.74) is 6.51.